The first-order valence-corrected chi connectivity index (χ1v) is 5.78. The Morgan fingerprint density at radius 2 is 1.84 bits per heavy atom. The number of carbonyl (C=O) groups is 1. The lowest BCUT2D eigenvalue weighted by Crippen LogP contribution is -2.40. The highest BCUT2D eigenvalue weighted by Gasteiger charge is 2.21. The third-order valence-electron chi connectivity index (χ3n) is 1.88. The van der Waals surface area contributed by atoms with Gasteiger partial charge in [-0.25, -0.2) is 4.79 Å². The summed E-state index contributed by atoms with van der Waals surface area (Å²) in [5, 5.41) is 0. The molecule has 0 bridgehead atoms. The van der Waals surface area contributed by atoms with Crippen molar-refractivity contribution in [3.05, 3.63) is 0 Å². The highest BCUT2D eigenvalue weighted by atomic mass is 127. The molecule has 7 nitrogen and oxygen atoms in total. The number of carbonyl (C=O) groups excluding carboxylic acids is 1. The van der Waals surface area contributed by atoms with Gasteiger partial charge in [0.1, 0.15) is 5.60 Å². The van der Waals surface area contributed by atoms with E-state index in [2.05, 4.69) is 4.99 Å². The van der Waals surface area contributed by atoms with E-state index < -0.39 is 11.7 Å². The second kappa shape index (κ2) is 10.1. The van der Waals surface area contributed by atoms with Crippen molar-refractivity contribution in [3.8, 4) is 0 Å². The lowest BCUT2D eigenvalue weighted by Gasteiger charge is -2.26. The van der Waals surface area contributed by atoms with E-state index in [1.54, 1.807) is 7.11 Å². The number of guanidine groups is 1. The second-order valence-corrected chi connectivity index (χ2v) is 4.77. The Hall–Kier alpha value is -0.770. The van der Waals surface area contributed by atoms with Gasteiger partial charge in [0.25, 0.3) is 0 Å². The predicted molar refractivity (Wildman–Crippen MR) is 85.8 cm³/mol. The van der Waals surface area contributed by atoms with Crippen LogP contribution in [0, 0.1) is 0 Å². The van der Waals surface area contributed by atoms with E-state index in [9.17, 15) is 4.79 Å². The molecular weight excluding hydrogens is 363 g/mol. The summed E-state index contributed by atoms with van der Waals surface area (Å²) in [4.78, 5) is 17.2. The van der Waals surface area contributed by atoms with Crippen molar-refractivity contribution in [1.29, 1.82) is 0 Å². The number of ether oxygens (including phenoxy) is 2. The summed E-state index contributed by atoms with van der Waals surface area (Å²) in [6, 6.07) is 0. The average molecular weight is 388 g/mol. The number of halogens is 1. The molecule has 0 aliphatic carbocycles. The molecule has 0 heterocycles. The lowest BCUT2D eigenvalue weighted by atomic mass is 10.2. The summed E-state index contributed by atoms with van der Waals surface area (Å²) < 4.78 is 10.2. The minimum atomic E-state index is -0.529. The first-order chi connectivity index (χ1) is 8.26. The van der Waals surface area contributed by atoms with E-state index >= 15 is 0 Å². The molecule has 19 heavy (non-hydrogen) atoms. The largest absolute Gasteiger partial charge is 0.444 e. The van der Waals surface area contributed by atoms with Crippen molar-refractivity contribution in [3.63, 3.8) is 0 Å². The van der Waals surface area contributed by atoms with E-state index in [0.29, 0.717) is 26.2 Å². The van der Waals surface area contributed by atoms with Crippen molar-refractivity contribution >= 4 is 36.0 Å². The van der Waals surface area contributed by atoms with Crippen LogP contribution in [-0.4, -0.2) is 55.9 Å². The standard InChI is InChI=1S/C11H24N4O3.HI/c1-11(2,3)18-10(16)15(7-8-17-4)6-5-14-9(12)13;/h5-8H2,1-4H3,(H4,12,13,14);1H. The van der Waals surface area contributed by atoms with Crippen LogP contribution >= 0.6 is 24.0 Å². The monoisotopic (exact) mass is 388 g/mol. The highest BCUT2D eigenvalue weighted by Crippen LogP contribution is 2.09. The number of nitrogens with zero attached hydrogens (tertiary/aromatic N) is 2. The van der Waals surface area contributed by atoms with Crippen molar-refractivity contribution in [1.82, 2.24) is 4.90 Å². The number of amides is 1. The second-order valence-electron chi connectivity index (χ2n) is 4.77. The molecule has 4 N–H and O–H groups in total. The van der Waals surface area contributed by atoms with Crippen LogP contribution in [0.15, 0.2) is 4.99 Å². The molecule has 0 atom stereocenters. The van der Waals surface area contributed by atoms with Crippen molar-refractivity contribution in [2.45, 2.75) is 26.4 Å². The third kappa shape index (κ3) is 12.0. The van der Waals surface area contributed by atoms with Crippen LogP contribution in [0.3, 0.4) is 0 Å². The zero-order valence-electron chi connectivity index (χ0n) is 12.0. The molecule has 0 aromatic carbocycles. The minimum Gasteiger partial charge on any atom is -0.444 e. The molecule has 0 aromatic heterocycles. The molecule has 0 aromatic rings. The summed E-state index contributed by atoms with van der Waals surface area (Å²) >= 11 is 0. The topological polar surface area (TPSA) is 103 Å². The molecule has 114 valence electrons. The van der Waals surface area contributed by atoms with Gasteiger partial charge in [-0.2, -0.15) is 0 Å². The normalized spacial score (nSPS) is 10.3. The summed E-state index contributed by atoms with van der Waals surface area (Å²) in [5.41, 5.74) is 9.92. The highest BCUT2D eigenvalue weighted by molar-refractivity contribution is 14.0. The van der Waals surface area contributed by atoms with E-state index in [-0.39, 0.29) is 29.9 Å². The summed E-state index contributed by atoms with van der Waals surface area (Å²) in [6.07, 6.45) is -0.398. The molecule has 8 heteroatoms. The van der Waals surface area contributed by atoms with Gasteiger partial charge in [0.2, 0.25) is 0 Å². The smallest absolute Gasteiger partial charge is 0.410 e. The van der Waals surface area contributed by atoms with Crippen LogP contribution in [-0.2, 0) is 9.47 Å². The first kappa shape index (κ1) is 20.5. The summed E-state index contributed by atoms with van der Waals surface area (Å²) in [7, 11) is 1.57. The number of rotatable bonds is 6. The van der Waals surface area contributed by atoms with Crippen molar-refractivity contribution < 1.29 is 14.3 Å². The number of nitrogens with two attached hydrogens (primary N) is 2. The summed E-state index contributed by atoms with van der Waals surface area (Å²) in [6.45, 7) is 7.04. The molecule has 0 aliphatic heterocycles. The molecule has 0 aliphatic rings. The number of hydrogen-bond donors (Lipinski definition) is 2. The zero-order chi connectivity index (χ0) is 14.2. The van der Waals surface area contributed by atoms with Gasteiger partial charge in [-0.1, -0.05) is 0 Å². The fourth-order valence-corrected chi connectivity index (χ4v) is 1.12. The SMILES string of the molecule is COCCN(CCN=C(N)N)C(=O)OC(C)(C)C.I. The average Bonchev–Trinajstić information content (AvgIpc) is 2.19. The Bertz CT molecular complexity index is 288. The molecule has 0 fully saturated rings. The zero-order valence-corrected chi connectivity index (χ0v) is 14.3. The van der Waals surface area contributed by atoms with Crippen LogP contribution < -0.4 is 11.5 Å². The van der Waals surface area contributed by atoms with Gasteiger partial charge in [0.05, 0.1) is 13.2 Å². The molecule has 0 rings (SSSR count). The first-order valence-electron chi connectivity index (χ1n) is 5.78. The maximum Gasteiger partial charge on any atom is 0.410 e. The molecule has 0 saturated heterocycles. The maximum atomic E-state index is 11.9. The van der Waals surface area contributed by atoms with Crippen LogP contribution in [0.2, 0.25) is 0 Å². The molecule has 1 amide bonds. The Labute approximate surface area is 131 Å². The van der Waals surface area contributed by atoms with Crippen LogP contribution in [0.25, 0.3) is 0 Å². The van der Waals surface area contributed by atoms with Gasteiger partial charge in [-0.3, -0.25) is 4.99 Å². The molecule has 0 saturated carbocycles. The van der Waals surface area contributed by atoms with Gasteiger partial charge in [-0.05, 0) is 20.8 Å². The van der Waals surface area contributed by atoms with Crippen LogP contribution in [0.5, 0.6) is 0 Å². The quantitative estimate of drug-likeness (QED) is 0.397. The van der Waals surface area contributed by atoms with Gasteiger partial charge >= 0.3 is 6.09 Å². The number of methoxy groups -OCH3 is 1. The van der Waals surface area contributed by atoms with E-state index in [1.165, 1.54) is 4.90 Å². The molecule has 0 radical (unpaired) electrons. The van der Waals surface area contributed by atoms with Gasteiger partial charge in [0, 0.05) is 20.2 Å². The fraction of sp³-hybridized carbons (Fsp3) is 0.818. The van der Waals surface area contributed by atoms with E-state index in [1.807, 2.05) is 20.8 Å². The van der Waals surface area contributed by atoms with Crippen molar-refractivity contribution in [2.75, 3.05) is 33.4 Å². The Balaban J connectivity index is 0. The molecular formula is C11H25IN4O3. The van der Waals surface area contributed by atoms with E-state index in [0.717, 1.165) is 0 Å². The minimum absolute atomic E-state index is 0. The van der Waals surface area contributed by atoms with Crippen molar-refractivity contribution in [2.24, 2.45) is 16.5 Å². The van der Waals surface area contributed by atoms with Gasteiger partial charge in [-0.15, -0.1) is 24.0 Å². The maximum absolute atomic E-state index is 11.9. The van der Waals surface area contributed by atoms with Gasteiger partial charge < -0.3 is 25.8 Å². The number of hydrogen-bond acceptors (Lipinski definition) is 4. The fourth-order valence-electron chi connectivity index (χ4n) is 1.12. The summed E-state index contributed by atoms with van der Waals surface area (Å²) in [5.74, 6) is 0.00544. The van der Waals surface area contributed by atoms with Gasteiger partial charge in [0.15, 0.2) is 5.96 Å². The lowest BCUT2D eigenvalue weighted by molar-refractivity contribution is 0.0208. The third-order valence-corrected chi connectivity index (χ3v) is 1.88. The predicted octanol–water partition coefficient (Wildman–Crippen LogP) is 0.761. The Morgan fingerprint density at radius 1 is 1.26 bits per heavy atom. The Morgan fingerprint density at radius 3 is 2.26 bits per heavy atom. The van der Waals surface area contributed by atoms with Crippen LogP contribution in [0.4, 0.5) is 4.79 Å². The number of aliphatic imine (C=N–C) groups is 1. The molecule has 0 unspecified atom stereocenters. The Kier molecular flexibility index (Phi) is 10.9. The van der Waals surface area contributed by atoms with E-state index in [4.69, 9.17) is 20.9 Å². The molecule has 0 spiro atoms. The van der Waals surface area contributed by atoms with Crippen LogP contribution in [0.1, 0.15) is 20.8 Å².